The summed E-state index contributed by atoms with van der Waals surface area (Å²) in [6.45, 7) is 3.30. The Morgan fingerprint density at radius 3 is 2.13 bits per heavy atom. The van der Waals surface area contributed by atoms with Crippen molar-refractivity contribution in [2.75, 3.05) is 39.5 Å². The van der Waals surface area contributed by atoms with E-state index in [0.717, 1.165) is 12.3 Å². The van der Waals surface area contributed by atoms with Crippen LogP contribution in [0.3, 0.4) is 0 Å². The van der Waals surface area contributed by atoms with Gasteiger partial charge in [0.15, 0.2) is 0 Å². The van der Waals surface area contributed by atoms with Gasteiger partial charge in [0.1, 0.15) is 12.4 Å². The van der Waals surface area contributed by atoms with Crippen LogP contribution >= 0.6 is 22.6 Å². The SMILES string of the molecule is O=C(O)C(=O)O.OCCNCCOCCOc1ccc(I)cc1. The third-order valence-electron chi connectivity index (χ3n) is 2.20. The molecule has 0 saturated carbocycles. The zero-order valence-corrected chi connectivity index (χ0v) is 14.6. The van der Waals surface area contributed by atoms with Crippen molar-refractivity contribution >= 4 is 34.5 Å². The Morgan fingerprint density at radius 2 is 1.61 bits per heavy atom. The van der Waals surface area contributed by atoms with Gasteiger partial charge in [-0.2, -0.15) is 0 Å². The van der Waals surface area contributed by atoms with Crippen molar-refractivity contribution < 1.29 is 34.4 Å². The van der Waals surface area contributed by atoms with E-state index in [9.17, 15) is 0 Å². The molecule has 0 radical (unpaired) electrons. The van der Waals surface area contributed by atoms with Gasteiger partial charge in [0, 0.05) is 16.7 Å². The maximum Gasteiger partial charge on any atom is 0.414 e. The molecule has 9 heteroatoms. The highest BCUT2D eigenvalue weighted by atomic mass is 127. The van der Waals surface area contributed by atoms with Gasteiger partial charge in [0.05, 0.1) is 19.8 Å². The van der Waals surface area contributed by atoms with E-state index in [2.05, 4.69) is 27.9 Å². The highest BCUT2D eigenvalue weighted by Gasteiger charge is 2.04. The van der Waals surface area contributed by atoms with Crippen LogP contribution in [0.4, 0.5) is 0 Å². The molecular formula is C14H20INO7. The Kier molecular flexibility index (Phi) is 13.3. The van der Waals surface area contributed by atoms with Gasteiger partial charge in [0.25, 0.3) is 0 Å². The molecule has 0 unspecified atom stereocenters. The molecule has 1 rings (SSSR count). The number of carboxylic acid groups (broad SMARTS) is 2. The van der Waals surface area contributed by atoms with Gasteiger partial charge in [-0.1, -0.05) is 0 Å². The Morgan fingerprint density at radius 1 is 1.00 bits per heavy atom. The van der Waals surface area contributed by atoms with Gasteiger partial charge in [-0.15, -0.1) is 0 Å². The van der Waals surface area contributed by atoms with E-state index in [0.29, 0.717) is 26.4 Å². The van der Waals surface area contributed by atoms with E-state index in [-0.39, 0.29) is 6.61 Å². The maximum atomic E-state index is 9.10. The first-order valence-corrected chi connectivity index (χ1v) is 7.79. The summed E-state index contributed by atoms with van der Waals surface area (Å²) in [6, 6.07) is 7.92. The van der Waals surface area contributed by atoms with Crippen molar-refractivity contribution in [3.05, 3.63) is 27.8 Å². The monoisotopic (exact) mass is 441 g/mol. The summed E-state index contributed by atoms with van der Waals surface area (Å²) >= 11 is 2.26. The number of nitrogens with one attached hydrogen (secondary N) is 1. The van der Waals surface area contributed by atoms with Crippen molar-refractivity contribution in [2.45, 2.75) is 0 Å². The van der Waals surface area contributed by atoms with Crippen LogP contribution < -0.4 is 10.1 Å². The average molecular weight is 441 g/mol. The lowest BCUT2D eigenvalue weighted by molar-refractivity contribution is -0.159. The molecule has 23 heavy (non-hydrogen) atoms. The molecule has 0 saturated heterocycles. The van der Waals surface area contributed by atoms with Crippen LogP contribution in [0, 0.1) is 3.57 Å². The average Bonchev–Trinajstić information content (AvgIpc) is 2.52. The van der Waals surface area contributed by atoms with Crippen molar-refractivity contribution in [3.8, 4) is 5.75 Å². The standard InChI is InChI=1S/C12H18INO3.C2H2O4/c13-11-1-3-12(4-2-11)17-10-9-16-8-6-14-5-7-15;3-1(4)2(5)6/h1-4,14-15H,5-10H2;(H,3,4)(H,5,6). The Hall–Kier alpha value is -1.43. The predicted octanol–water partition coefficient (Wildman–Crippen LogP) is 0.424. The summed E-state index contributed by atoms with van der Waals surface area (Å²) in [5.41, 5.74) is 0. The predicted molar refractivity (Wildman–Crippen MR) is 90.7 cm³/mol. The molecule has 0 aliphatic heterocycles. The van der Waals surface area contributed by atoms with Crippen molar-refractivity contribution in [1.29, 1.82) is 0 Å². The van der Waals surface area contributed by atoms with Crippen LogP contribution in [-0.4, -0.2) is 66.8 Å². The topological polar surface area (TPSA) is 125 Å². The van der Waals surface area contributed by atoms with Crippen molar-refractivity contribution in [1.82, 2.24) is 5.32 Å². The second kappa shape index (κ2) is 14.2. The number of aliphatic carboxylic acids is 2. The van der Waals surface area contributed by atoms with Crippen LogP contribution in [0.5, 0.6) is 5.75 Å². The van der Waals surface area contributed by atoms with Crippen molar-refractivity contribution in [3.63, 3.8) is 0 Å². The van der Waals surface area contributed by atoms with Gasteiger partial charge in [0.2, 0.25) is 0 Å². The number of rotatable bonds is 9. The van der Waals surface area contributed by atoms with Gasteiger partial charge in [-0.05, 0) is 46.9 Å². The molecule has 0 aromatic heterocycles. The van der Waals surface area contributed by atoms with E-state index < -0.39 is 11.9 Å². The molecule has 0 aliphatic rings. The summed E-state index contributed by atoms with van der Waals surface area (Å²) in [7, 11) is 0. The number of halogens is 1. The zero-order chi connectivity index (χ0) is 17.5. The number of aliphatic hydroxyl groups is 1. The first-order valence-electron chi connectivity index (χ1n) is 6.71. The Labute approximate surface area is 147 Å². The molecule has 1 aromatic carbocycles. The number of hydrogen-bond donors (Lipinski definition) is 4. The molecule has 0 fully saturated rings. The third-order valence-corrected chi connectivity index (χ3v) is 2.92. The summed E-state index contributed by atoms with van der Waals surface area (Å²) in [4.78, 5) is 18.2. The molecule has 8 nitrogen and oxygen atoms in total. The van der Waals surface area contributed by atoms with Crippen LogP contribution in [0.2, 0.25) is 0 Å². The number of carboxylic acids is 2. The lowest BCUT2D eigenvalue weighted by Crippen LogP contribution is -2.23. The van der Waals surface area contributed by atoms with E-state index in [1.807, 2.05) is 24.3 Å². The number of benzene rings is 1. The minimum Gasteiger partial charge on any atom is -0.491 e. The molecule has 0 amide bonds. The summed E-state index contributed by atoms with van der Waals surface area (Å²) in [5, 5.41) is 26.3. The lowest BCUT2D eigenvalue weighted by Gasteiger charge is -2.07. The van der Waals surface area contributed by atoms with E-state index in [1.165, 1.54) is 3.57 Å². The number of aliphatic hydroxyl groups excluding tert-OH is 1. The fourth-order valence-corrected chi connectivity index (χ4v) is 1.56. The van der Waals surface area contributed by atoms with Gasteiger partial charge in [-0.3, -0.25) is 0 Å². The summed E-state index contributed by atoms with van der Waals surface area (Å²) in [6.07, 6.45) is 0. The minimum atomic E-state index is -1.82. The van der Waals surface area contributed by atoms with E-state index >= 15 is 0 Å². The first kappa shape index (κ1) is 21.6. The molecule has 130 valence electrons. The number of carbonyl (C=O) groups is 2. The van der Waals surface area contributed by atoms with Gasteiger partial charge in [-0.25, -0.2) is 9.59 Å². The fourth-order valence-electron chi connectivity index (χ4n) is 1.20. The Bertz CT molecular complexity index is 441. The van der Waals surface area contributed by atoms with Gasteiger partial charge >= 0.3 is 11.9 Å². The quantitative estimate of drug-likeness (QED) is 0.247. The van der Waals surface area contributed by atoms with Crippen molar-refractivity contribution in [2.24, 2.45) is 0 Å². The smallest absolute Gasteiger partial charge is 0.414 e. The number of hydrogen-bond acceptors (Lipinski definition) is 6. The molecule has 1 aromatic rings. The van der Waals surface area contributed by atoms with E-state index in [4.69, 9.17) is 34.4 Å². The highest BCUT2D eigenvalue weighted by Crippen LogP contribution is 2.13. The van der Waals surface area contributed by atoms with Crippen LogP contribution in [0.15, 0.2) is 24.3 Å². The maximum absolute atomic E-state index is 9.10. The largest absolute Gasteiger partial charge is 0.491 e. The molecule has 0 heterocycles. The molecular weight excluding hydrogens is 421 g/mol. The second-order valence-corrected chi connectivity index (χ2v) is 5.24. The molecule has 4 N–H and O–H groups in total. The molecule has 0 bridgehead atoms. The van der Waals surface area contributed by atoms with Crippen LogP contribution in [0.25, 0.3) is 0 Å². The zero-order valence-electron chi connectivity index (χ0n) is 12.4. The molecule has 0 atom stereocenters. The number of ether oxygens (including phenoxy) is 2. The Balaban J connectivity index is 0.000000688. The van der Waals surface area contributed by atoms with Crippen LogP contribution in [0.1, 0.15) is 0 Å². The minimum absolute atomic E-state index is 0.163. The highest BCUT2D eigenvalue weighted by molar-refractivity contribution is 14.1. The molecule has 0 spiro atoms. The fraction of sp³-hybridized carbons (Fsp3) is 0.429. The second-order valence-electron chi connectivity index (χ2n) is 4.00. The third kappa shape index (κ3) is 13.9. The lowest BCUT2D eigenvalue weighted by atomic mass is 10.3. The summed E-state index contributed by atoms with van der Waals surface area (Å²) in [5.74, 6) is -2.78. The van der Waals surface area contributed by atoms with Gasteiger partial charge < -0.3 is 30.1 Å². The normalized spacial score (nSPS) is 9.65. The van der Waals surface area contributed by atoms with Crippen LogP contribution in [-0.2, 0) is 14.3 Å². The summed E-state index contributed by atoms with van der Waals surface area (Å²) < 4.78 is 12.1. The van der Waals surface area contributed by atoms with E-state index in [1.54, 1.807) is 0 Å². The molecule has 0 aliphatic carbocycles. The first-order chi connectivity index (χ1) is 11.0.